The van der Waals surface area contributed by atoms with E-state index in [1.165, 1.54) is 5.56 Å². The molecule has 1 aliphatic rings. The lowest BCUT2D eigenvalue weighted by atomic mass is 10.1. The van der Waals surface area contributed by atoms with Crippen LogP contribution in [0.4, 0.5) is 5.82 Å². The summed E-state index contributed by atoms with van der Waals surface area (Å²) in [5, 5.41) is 3.49. The second-order valence-corrected chi connectivity index (χ2v) is 5.79. The maximum absolute atomic E-state index is 5.76. The van der Waals surface area contributed by atoms with Gasteiger partial charge in [-0.05, 0) is 45.4 Å². The highest BCUT2D eigenvalue weighted by Gasteiger charge is 2.23. The Hall–Kier alpha value is -1.13. The number of rotatable bonds is 5. The van der Waals surface area contributed by atoms with Gasteiger partial charge in [0, 0.05) is 25.3 Å². The molecule has 0 spiro atoms. The fraction of sp³-hybridized carbons (Fsp3) is 0.688. The van der Waals surface area contributed by atoms with Gasteiger partial charge in [-0.2, -0.15) is 0 Å². The van der Waals surface area contributed by atoms with Gasteiger partial charge in [-0.15, -0.1) is 0 Å². The molecule has 1 saturated heterocycles. The average molecular weight is 277 g/mol. The molecule has 0 bridgehead atoms. The molecular weight excluding hydrogens is 250 g/mol. The molecular formula is C16H27N3O. The molecule has 0 saturated carbocycles. The standard InChI is InChI=1S/C16H27N3O/c1-5-8-17-14(4)15-6-7-16(18-9-15)19-10-12(2)20-13(3)11-19/h6-7,9,12-14,17H,5,8,10-11H2,1-4H3/t12-,13+,14?. The molecule has 0 aromatic carbocycles. The Morgan fingerprint density at radius 3 is 2.60 bits per heavy atom. The van der Waals surface area contributed by atoms with Crippen LogP contribution in [-0.4, -0.2) is 36.8 Å². The summed E-state index contributed by atoms with van der Waals surface area (Å²) in [7, 11) is 0. The van der Waals surface area contributed by atoms with Crippen molar-refractivity contribution in [2.75, 3.05) is 24.5 Å². The molecule has 2 heterocycles. The average Bonchev–Trinajstić information content (AvgIpc) is 2.44. The number of aromatic nitrogens is 1. The van der Waals surface area contributed by atoms with Crippen molar-refractivity contribution in [3.05, 3.63) is 23.9 Å². The maximum Gasteiger partial charge on any atom is 0.128 e. The summed E-state index contributed by atoms with van der Waals surface area (Å²) in [5.74, 6) is 1.05. The fourth-order valence-electron chi connectivity index (χ4n) is 2.68. The summed E-state index contributed by atoms with van der Waals surface area (Å²) >= 11 is 0. The molecule has 0 amide bonds. The SMILES string of the molecule is CCCNC(C)c1ccc(N2C[C@@H](C)O[C@@H](C)C2)nc1. The minimum Gasteiger partial charge on any atom is -0.372 e. The third-order valence-electron chi connectivity index (χ3n) is 3.71. The Bertz CT molecular complexity index is 397. The molecule has 1 unspecified atom stereocenters. The van der Waals surface area contributed by atoms with E-state index in [0.29, 0.717) is 6.04 Å². The van der Waals surface area contributed by atoms with E-state index in [9.17, 15) is 0 Å². The highest BCUT2D eigenvalue weighted by atomic mass is 16.5. The lowest BCUT2D eigenvalue weighted by molar-refractivity contribution is -0.00546. The van der Waals surface area contributed by atoms with Crippen LogP contribution in [-0.2, 0) is 4.74 Å². The molecule has 4 heteroatoms. The van der Waals surface area contributed by atoms with Crippen molar-refractivity contribution in [2.24, 2.45) is 0 Å². The van der Waals surface area contributed by atoms with Gasteiger partial charge in [0.2, 0.25) is 0 Å². The van der Waals surface area contributed by atoms with Gasteiger partial charge in [-0.1, -0.05) is 13.0 Å². The van der Waals surface area contributed by atoms with E-state index in [1.807, 2.05) is 6.20 Å². The minimum absolute atomic E-state index is 0.269. The van der Waals surface area contributed by atoms with Crippen molar-refractivity contribution in [3.63, 3.8) is 0 Å². The molecule has 112 valence electrons. The minimum atomic E-state index is 0.269. The summed E-state index contributed by atoms with van der Waals surface area (Å²) < 4.78 is 5.76. The predicted molar refractivity (Wildman–Crippen MR) is 83.2 cm³/mol. The zero-order chi connectivity index (χ0) is 14.5. The largest absolute Gasteiger partial charge is 0.372 e. The van der Waals surface area contributed by atoms with Gasteiger partial charge in [-0.3, -0.25) is 0 Å². The Morgan fingerprint density at radius 2 is 2.05 bits per heavy atom. The van der Waals surface area contributed by atoms with E-state index in [2.05, 4.69) is 55.0 Å². The first-order valence-corrected chi connectivity index (χ1v) is 7.70. The van der Waals surface area contributed by atoms with Crippen LogP contribution in [0.5, 0.6) is 0 Å². The van der Waals surface area contributed by atoms with E-state index < -0.39 is 0 Å². The molecule has 20 heavy (non-hydrogen) atoms. The van der Waals surface area contributed by atoms with E-state index in [1.54, 1.807) is 0 Å². The predicted octanol–water partition coefficient (Wildman–Crippen LogP) is 2.76. The molecule has 1 N–H and O–H groups in total. The number of hydrogen-bond acceptors (Lipinski definition) is 4. The van der Waals surface area contributed by atoms with Gasteiger partial charge >= 0.3 is 0 Å². The monoisotopic (exact) mass is 277 g/mol. The third kappa shape index (κ3) is 3.93. The van der Waals surface area contributed by atoms with Crippen molar-refractivity contribution >= 4 is 5.82 Å². The first-order valence-electron chi connectivity index (χ1n) is 7.70. The number of morpholine rings is 1. The number of hydrogen-bond donors (Lipinski definition) is 1. The van der Waals surface area contributed by atoms with Crippen molar-refractivity contribution in [1.29, 1.82) is 0 Å². The van der Waals surface area contributed by atoms with E-state index in [4.69, 9.17) is 4.74 Å². The van der Waals surface area contributed by atoms with Gasteiger partial charge in [0.15, 0.2) is 0 Å². The summed E-state index contributed by atoms with van der Waals surface area (Å²) in [6.45, 7) is 11.5. The van der Waals surface area contributed by atoms with E-state index in [-0.39, 0.29) is 12.2 Å². The van der Waals surface area contributed by atoms with Crippen LogP contribution in [0.3, 0.4) is 0 Å². The molecule has 0 radical (unpaired) electrons. The zero-order valence-electron chi connectivity index (χ0n) is 13.1. The Balaban J connectivity index is 2.00. The van der Waals surface area contributed by atoms with Crippen LogP contribution in [0.15, 0.2) is 18.3 Å². The topological polar surface area (TPSA) is 37.4 Å². The van der Waals surface area contributed by atoms with Crippen molar-refractivity contribution in [1.82, 2.24) is 10.3 Å². The first kappa shape index (κ1) is 15.3. The van der Waals surface area contributed by atoms with E-state index in [0.717, 1.165) is 31.9 Å². The first-order chi connectivity index (χ1) is 9.60. The van der Waals surface area contributed by atoms with Crippen LogP contribution in [0.2, 0.25) is 0 Å². The summed E-state index contributed by atoms with van der Waals surface area (Å²) in [6, 6.07) is 4.67. The summed E-state index contributed by atoms with van der Waals surface area (Å²) in [5.41, 5.74) is 1.25. The van der Waals surface area contributed by atoms with E-state index >= 15 is 0 Å². The van der Waals surface area contributed by atoms with Gasteiger partial charge < -0.3 is 15.0 Å². The number of nitrogens with one attached hydrogen (secondary N) is 1. The molecule has 2 rings (SSSR count). The van der Waals surface area contributed by atoms with Crippen LogP contribution in [0.1, 0.15) is 45.7 Å². The van der Waals surface area contributed by atoms with Crippen LogP contribution in [0.25, 0.3) is 0 Å². The quantitative estimate of drug-likeness (QED) is 0.898. The normalized spacial score (nSPS) is 24.7. The second kappa shape index (κ2) is 7.04. The maximum atomic E-state index is 5.76. The highest BCUT2D eigenvalue weighted by molar-refractivity contribution is 5.40. The second-order valence-electron chi connectivity index (χ2n) is 5.79. The number of nitrogens with zero attached hydrogens (tertiary/aromatic N) is 2. The third-order valence-corrected chi connectivity index (χ3v) is 3.71. The molecule has 3 atom stereocenters. The number of ether oxygens (including phenoxy) is 1. The van der Waals surface area contributed by atoms with Gasteiger partial charge in [0.25, 0.3) is 0 Å². The molecule has 4 nitrogen and oxygen atoms in total. The Kier molecular flexibility index (Phi) is 5.38. The molecule has 1 aliphatic heterocycles. The summed E-state index contributed by atoms with van der Waals surface area (Å²) in [6.07, 6.45) is 3.68. The lowest BCUT2D eigenvalue weighted by Crippen LogP contribution is -2.45. The fourth-order valence-corrected chi connectivity index (χ4v) is 2.68. The van der Waals surface area contributed by atoms with Crippen molar-refractivity contribution in [2.45, 2.75) is 52.4 Å². The lowest BCUT2D eigenvalue weighted by Gasteiger charge is -2.36. The molecule has 1 aromatic heterocycles. The van der Waals surface area contributed by atoms with Crippen LogP contribution < -0.4 is 10.2 Å². The van der Waals surface area contributed by atoms with Crippen LogP contribution >= 0.6 is 0 Å². The number of anilines is 1. The van der Waals surface area contributed by atoms with Crippen molar-refractivity contribution < 1.29 is 4.74 Å². The Labute approximate surface area is 122 Å². The summed E-state index contributed by atoms with van der Waals surface area (Å²) in [4.78, 5) is 6.94. The van der Waals surface area contributed by atoms with Gasteiger partial charge in [-0.25, -0.2) is 4.98 Å². The van der Waals surface area contributed by atoms with Crippen LogP contribution in [0, 0.1) is 0 Å². The molecule has 0 aliphatic carbocycles. The molecule has 1 fully saturated rings. The van der Waals surface area contributed by atoms with Gasteiger partial charge in [0.05, 0.1) is 12.2 Å². The smallest absolute Gasteiger partial charge is 0.128 e. The molecule has 1 aromatic rings. The highest BCUT2D eigenvalue weighted by Crippen LogP contribution is 2.20. The van der Waals surface area contributed by atoms with Gasteiger partial charge in [0.1, 0.15) is 5.82 Å². The number of pyridine rings is 1. The zero-order valence-corrected chi connectivity index (χ0v) is 13.1. The Morgan fingerprint density at radius 1 is 1.35 bits per heavy atom. The van der Waals surface area contributed by atoms with Crippen molar-refractivity contribution in [3.8, 4) is 0 Å².